The average Bonchev–Trinajstić information content (AvgIpc) is 2.08. The molecular weight excluding hydrogens is 160 g/mol. The Balaban J connectivity index is 2.60. The van der Waals surface area contributed by atoms with E-state index in [2.05, 4.69) is 32.6 Å². The summed E-state index contributed by atoms with van der Waals surface area (Å²) in [6, 6.07) is 0.575. The minimum absolute atomic E-state index is 0.368. The van der Waals surface area contributed by atoms with Crippen LogP contribution in [0.2, 0.25) is 0 Å². The Kier molecular flexibility index (Phi) is 3.34. The third kappa shape index (κ3) is 2.45. The number of amidine groups is 1. The van der Waals surface area contributed by atoms with Crippen molar-refractivity contribution < 1.29 is 0 Å². The van der Waals surface area contributed by atoms with Gasteiger partial charge in [0.05, 0.1) is 5.84 Å². The second-order valence-corrected chi connectivity index (χ2v) is 4.72. The molecule has 0 saturated carbocycles. The van der Waals surface area contributed by atoms with Gasteiger partial charge in [0.15, 0.2) is 0 Å². The fourth-order valence-corrected chi connectivity index (χ4v) is 1.96. The van der Waals surface area contributed by atoms with Gasteiger partial charge in [0.25, 0.3) is 0 Å². The maximum absolute atomic E-state index is 7.98. The Morgan fingerprint density at radius 2 is 1.92 bits per heavy atom. The molecule has 1 aliphatic rings. The summed E-state index contributed by atoms with van der Waals surface area (Å²) in [7, 11) is 0. The first-order chi connectivity index (χ1) is 6.02. The van der Waals surface area contributed by atoms with Gasteiger partial charge in [0.2, 0.25) is 0 Å². The number of piperidine rings is 1. The highest BCUT2D eigenvalue weighted by Gasteiger charge is 2.25. The smallest absolute Gasteiger partial charge is 0.0986 e. The summed E-state index contributed by atoms with van der Waals surface area (Å²) in [6.07, 6.45) is 2.57. The molecule has 0 amide bonds. The van der Waals surface area contributed by atoms with Crippen LogP contribution < -0.4 is 0 Å². The lowest BCUT2D eigenvalue weighted by molar-refractivity contribution is 0.199. The molecule has 1 fully saturated rings. The van der Waals surface area contributed by atoms with Crippen molar-refractivity contribution in [2.75, 3.05) is 6.54 Å². The summed E-state index contributed by atoms with van der Waals surface area (Å²) in [5, 5.41) is 7.98. The van der Waals surface area contributed by atoms with E-state index >= 15 is 0 Å². The minimum atomic E-state index is 0.368. The topological polar surface area (TPSA) is 27.1 Å². The van der Waals surface area contributed by atoms with E-state index in [9.17, 15) is 0 Å². The van der Waals surface area contributed by atoms with Crippen molar-refractivity contribution in [1.29, 1.82) is 5.41 Å². The first kappa shape index (κ1) is 10.6. The Labute approximate surface area is 81.8 Å². The molecule has 13 heavy (non-hydrogen) atoms. The summed E-state index contributed by atoms with van der Waals surface area (Å²) in [6.45, 7) is 9.82. The van der Waals surface area contributed by atoms with Crippen molar-refractivity contribution in [3.63, 3.8) is 0 Å². The van der Waals surface area contributed by atoms with Crippen LogP contribution in [0.4, 0.5) is 0 Å². The fourth-order valence-electron chi connectivity index (χ4n) is 1.96. The van der Waals surface area contributed by atoms with Crippen LogP contribution in [0.3, 0.4) is 0 Å². The van der Waals surface area contributed by atoms with Gasteiger partial charge in [-0.15, -0.1) is 0 Å². The number of nitrogens with one attached hydrogen (secondary N) is 1. The lowest BCUT2D eigenvalue weighted by Gasteiger charge is -2.39. The molecule has 2 nitrogen and oxygen atoms in total. The van der Waals surface area contributed by atoms with Crippen LogP contribution in [0.1, 0.15) is 40.5 Å². The van der Waals surface area contributed by atoms with Gasteiger partial charge in [-0.1, -0.05) is 20.8 Å². The van der Waals surface area contributed by atoms with Gasteiger partial charge >= 0.3 is 0 Å². The Morgan fingerprint density at radius 1 is 1.31 bits per heavy atom. The van der Waals surface area contributed by atoms with Crippen LogP contribution in [0.5, 0.6) is 0 Å². The van der Waals surface area contributed by atoms with Crippen LogP contribution in [0, 0.1) is 17.2 Å². The van der Waals surface area contributed by atoms with Crippen LogP contribution in [0.25, 0.3) is 0 Å². The van der Waals surface area contributed by atoms with E-state index in [0.717, 1.165) is 18.3 Å². The summed E-state index contributed by atoms with van der Waals surface area (Å²) >= 11 is 0. The van der Waals surface area contributed by atoms with Crippen molar-refractivity contribution in [2.45, 2.75) is 46.6 Å². The van der Waals surface area contributed by atoms with Gasteiger partial charge in [-0.2, -0.15) is 0 Å². The summed E-state index contributed by atoms with van der Waals surface area (Å²) in [5.74, 6) is 1.95. The summed E-state index contributed by atoms with van der Waals surface area (Å²) in [4.78, 5) is 2.28. The van der Waals surface area contributed by atoms with Gasteiger partial charge < -0.3 is 4.90 Å². The number of rotatable bonds is 1. The number of nitrogens with zero attached hydrogens (tertiary/aromatic N) is 1. The van der Waals surface area contributed by atoms with Gasteiger partial charge in [-0.3, -0.25) is 5.41 Å². The van der Waals surface area contributed by atoms with Crippen molar-refractivity contribution in [2.24, 2.45) is 11.8 Å². The third-order valence-electron chi connectivity index (χ3n) is 2.97. The van der Waals surface area contributed by atoms with E-state index in [-0.39, 0.29) is 0 Å². The molecule has 76 valence electrons. The van der Waals surface area contributed by atoms with Crippen LogP contribution in [0.15, 0.2) is 0 Å². The first-order valence-electron chi connectivity index (χ1n) is 5.37. The zero-order valence-corrected chi connectivity index (χ0v) is 9.30. The highest BCUT2D eigenvalue weighted by atomic mass is 15.2. The van der Waals surface area contributed by atoms with E-state index in [1.807, 2.05) is 0 Å². The zero-order chi connectivity index (χ0) is 10.0. The predicted octanol–water partition coefficient (Wildman–Crippen LogP) is 2.74. The van der Waals surface area contributed by atoms with E-state index in [4.69, 9.17) is 5.41 Å². The highest BCUT2D eigenvalue weighted by molar-refractivity contribution is 5.81. The molecule has 0 radical (unpaired) electrons. The van der Waals surface area contributed by atoms with Gasteiger partial charge in [0, 0.05) is 18.5 Å². The van der Waals surface area contributed by atoms with Crippen LogP contribution in [-0.4, -0.2) is 23.3 Å². The molecule has 0 aromatic carbocycles. The van der Waals surface area contributed by atoms with Crippen molar-refractivity contribution >= 4 is 5.84 Å². The molecule has 1 saturated heterocycles. The standard InChI is InChI=1S/C11H22N2/c1-8(2)11(12)13-7-9(3)5-6-10(13)4/h8-10,12H,5-7H2,1-4H3. The van der Waals surface area contributed by atoms with E-state index in [1.165, 1.54) is 12.8 Å². The molecule has 0 spiro atoms. The Hall–Kier alpha value is -0.530. The molecule has 0 aromatic rings. The largest absolute Gasteiger partial charge is 0.357 e. The third-order valence-corrected chi connectivity index (χ3v) is 2.97. The van der Waals surface area contributed by atoms with E-state index in [0.29, 0.717) is 12.0 Å². The predicted molar refractivity (Wildman–Crippen MR) is 57.1 cm³/mol. The normalized spacial score (nSPS) is 29.5. The van der Waals surface area contributed by atoms with Crippen LogP contribution in [-0.2, 0) is 0 Å². The molecule has 0 aromatic heterocycles. The number of hydrogen-bond donors (Lipinski definition) is 1. The van der Waals surface area contributed by atoms with Gasteiger partial charge in [0.1, 0.15) is 0 Å². The van der Waals surface area contributed by atoms with E-state index in [1.54, 1.807) is 0 Å². The molecule has 0 bridgehead atoms. The monoisotopic (exact) mass is 182 g/mol. The lowest BCUT2D eigenvalue weighted by atomic mass is 9.94. The van der Waals surface area contributed by atoms with E-state index < -0.39 is 0 Å². The lowest BCUT2D eigenvalue weighted by Crippen LogP contribution is -2.46. The molecule has 1 rings (SSSR count). The molecule has 2 unspecified atom stereocenters. The first-order valence-corrected chi connectivity index (χ1v) is 5.37. The number of hydrogen-bond acceptors (Lipinski definition) is 1. The minimum Gasteiger partial charge on any atom is -0.357 e. The molecular formula is C11H22N2. The molecule has 2 atom stereocenters. The van der Waals surface area contributed by atoms with Gasteiger partial charge in [-0.25, -0.2) is 0 Å². The summed E-state index contributed by atoms with van der Waals surface area (Å²) < 4.78 is 0. The maximum Gasteiger partial charge on any atom is 0.0986 e. The second kappa shape index (κ2) is 4.12. The number of likely N-dealkylation sites (tertiary alicyclic amines) is 1. The molecule has 0 aliphatic carbocycles. The fraction of sp³-hybridized carbons (Fsp3) is 0.909. The van der Waals surface area contributed by atoms with Crippen molar-refractivity contribution in [3.05, 3.63) is 0 Å². The Morgan fingerprint density at radius 3 is 2.46 bits per heavy atom. The van der Waals surface area contributed by atoms with Gasteiger partial charge in [-0.05, 0) is 25.7 Å². The maximum atomic E-state index is 7.98. The summed E-state index contributed by atoms with van der Waals surface area (Å²) in [5.41, 5.74) is 0. The van der Waals surface area contributed by atoms with Crippen LogP contribution >= 0.6 is 0 Å². The average molecular weight is 182 g/mol. The highest BCUT2D eigenvalue weighted by Crippen LogP contribution is 2.22. The molecule has 1 N–H and O–H groups in total. The van der Waals surface area contributed by atoms with Crippen molar-refractivity contribution in [1.82, 2.24) is 4.90 Å². The zero-order valence-electron chi connectivity index (χ0n) is 9.30. The molecule has 2 heteroatoms. The molecule has 1 aliphatic heterocycles. The van der Waals surface area contributed by atoms with Crippen molar-refractivity contribution in [3.8, 4) is 0 Å². The Bertz CT molecular complexity index is 187. The second-order valence-electron chi connectivity index (χ2n) is 4.72. The SMILES string of the molecule is CC1CCC(C)N(C(=N)C(C)C)C1. The molecule has 1 heterocycles. The quantitative estimate of drug-likeness (QED) is 0.490.